The van der Waals surface area contributed by atoms with Crippen molar-refractivity contribution in [1.82, 2.24) is 10.2 Å². The van der Waals surface area contributed by atoms with Crippen LogP contribution in [0.5, 0.6) is 5.75 Å². The predicted molar refractivity (Wildman–Crippen MR) is 82.4 cm³/mol. The molecule has 1 saturated heterocycles. The number of hydrogen-bond acceptors (Lipinski definition) is 5. The third kappa shape index (κ3) is 4.39. The van der Waals surface area contributed by atoms with Crippen molar-refractivity contribution in [3.8, 4) is 5.75 Å². The summed E-state index contributed by atoms with van der Waals surface area (Å²) in [6, 6.07) is 0.780. The van der Waals surface area contributed by atoms with E-state index in [0.29, 0.717) is 32.2 Å². The molecule has 0 amide bonds. The highest BCUT2D eigenvalue weighted by molar-refractivity contribution is 5.85. The molecule has 0 saturated carbocycles. The number of non-ortho nitro benzene ring substituents is 1. The maximum atomic E-state index is 13.6. The summed E-state index contributed by atoms with van der Waals surface area (Å²) >= 11 is 0. The van der Waals surface area contributed by atoms with E-state index in [2.05, 4.69) is 5.32 Å². The number of piperazine rings is 1. The van der Waals surface area contributed by atoms with Crippen LogP contribution in [0.4, 0.5) is 14.5 Å². The Bertz CT molecular complexity index is 517. The van der Waals surface area contributed by atoms with Crippen LogP contribution in [0, 0.1) is 15.9 Å². The lowest BCUT2D eigenvalue weighted by atomic mass is 10.0. The molecule has 0 unspecified atom stereocenters. The minimum atomic E-state index is -1.11. The van der Waals surface area contributed by atoms with Crippen LogP contribution in [-0.2, 0) is 0 Å². The maximum Gasteiger partial charge on any atom is 0.272 e. The number of rotatable bonds is 4. The van der Waals surface area contributed by atoms with E-state index in [4.69, 9.17) is 0 Å². The second kappa shape index (κ2) is 9.04. The van der Waals surface area contributed by atoms with Gasteiger partial charge < -0.3 is 10.4 Å². The normalized spacial score (nSPS) is 16.3. The van der Waals surface area contributed by atoms with Crippen molar-refractivity contribution >= 4 is 30.5 Å². The molecule has 0 aliphatic carbocycles. The van der Waals surface area contributed by atoms with E-state index in [-0.39, 0.29) is 30.4 Å². The number of nitrogens with zero attached hydrogens (tertiary/aromatic N) is 2. The second-order valence-corrected chi connectivity index (χ2v) is 4.58. The van der Waals surface area contributed by atoms with Crippen molar-refractivity contribution < 1.29 is 18.8 Å². The van der Waals surface area contributed by atoms with Gasteiger partial charge in [-0.05, 0) is 0 Å². The Morgan fingerprint density at radius 3 is 2.45 bits per heavy atom. The summed E-state index contributed by atoms with van der Waals surface area (Å²) in [4.78, 5) is 11.7. The zero-order valence-corrected chi connectivity index (χ0v) is 13.1. The van der Waals surface area contributed by atoms with Crippen LogP contribution in [-0.4, -0.2) is 47.8 Å². The topological polar surface area (TPSA) is 78.6 Å². The van der Waals surface area contributed by atoms with Crippen molar-refractivity contribution in [3.63, 3.8) is 0 Å². The number of aromatic hydroxyl groups is 1. The lowest BCUT2D eigenvalue weighted by Crippen LogP contribution is -2.45. The average molecular weight is 360 g/mol. The van der Waals surface area contributed by atoms with Crippen molar-refractivity contribution in [2.24, 2.45) is 0 Å². The Kier molecular flexibility index (Phi) is 8.54. The van der Waals surface area contributed by atoms with Gasteiger partial charge in [-0.15, -0.1) is 24.8 Å². The van der Waals surface area contributed by atoms with Crippen LogP contribution in [0.25, 0.3) is 0 Å². The van der Waals surface area contributed by atoms with E-state index in [1.807, 2.05) is 0 Å². The first-order valence-corrected chi connectivity index (χ1v) is 6.22. The third-order valence-electron chi connectivity index (χ3n) is 3.39. The van der Waals surface area contributed by atoms with Crippen LogP contribution < -0.4 is 5.32 Å². The van der Waals surface area contributed by atoms with Gasteiger partial charge in [-0.2, -0.15) is 0 Å². The summed E-state index contributed by atoms with van der Waals surface area (Å²) < 4.78 is 26.9. The van der Waals surface area contributed by atoms with Gasteiger partial charge in [0.1, 0.15) is 6.67 Å². The molecule has 1 aromatic rings. The highest BCUT2D eigenvalue weighted by atomic mass is 35.5. The lowest BCUT2D eigenvalue weighted by Gasteiger charge is -2.33. The van der Waals surface area contributed by atoms with Crippen LogP contribution in [0.2, 0.25) is 0 Å². The smallest absolute Gasteiger partial charge is 0.272 e. The van der Waals surface area contributed by atoms with E-state index < -0.39 is 34.9 Å². The van der Waals surface area contributed by atoms with Gasteiger partial charge in [-0.1, -0.05) is 0 Å². The molecule has 22 heavy (non-hydrogen) atoms. The van der Waals surface area contributed by atoms with Gasteiger partial charge in [0.2, 0.25) is 0 Å². The Morgan fingerprint density at radius 1 is 1.36 bits per heavy atom. The standard InChI is InChI=1S/C12H15F2N3O3.2ClH/c13-7-11(16-3-1-15-2-4-16)9-5-8(17(19)20)6-10(14)12(9)18;;/h5-6,11,15,18H,1-4,7H2;2*1H/t11-;;/m1../s1. The molecule has 10 heteroatoms. The summed E-state index contributed by atoms with van der Waals surface area (Å²) in [7, 11) is 0. The van der Waals surface area contributed by atoms with Crippen molar-refractivity contribution in [1.29, 1.82) is 0 Å². The molecular formula is C12H17Cl2F2N3O3. The number of phenolic OH excluding ortho intramolecular Hbond substituents is 1. The zero-order valence-electron chi connectivity index (χ0n) is 11.5. The minimum absolute atomic E-state index is 0. The number of nitro groups is 1. The van der Waals surface area contributed by atoms with Crippen molar-refractivity contribution in [2.45, 2.75) is 6.04 Å². The van der Waals surface area contributed by atoms with Gasteiger partial charge in [0, 0.05) is 37.8 Å². The highest BCUT2D eigenvalue weighted by Crippen LogP contribution is 2.34. The Hall–Kier alpha value is -1.22. The molecule has 6 nitrogen and oxygen atoms in total. The predicted octanol–water partition coefficient (Wildman–Crippen LogP) is 2.20. The number of alkyl halides is 1. The van der Waals surface area contributed by atoms with E-state index in [9.17, 15) is 24.0 Å². The summed E-state index contributed by atoms with van der Waals surface area (Å²) in [5.74, 6) is -1.83. The summed E-state index contributed by atoms with van der Waals surface area (Å²) in [6.07, 6.45) is 0. The van der Waals surface area contributed by atoms with Gasteiger partial charge in [0.05, 0.1) is 17.0 Å². The second-order valence-electron chi connectivity index (χ2n) is 4.58. The summed E-state index contributed by atoms with van der Waals surface area (Å²) in [5.41, 5.74) is -0.579. The van der Waals surface area contributed by atoms with E-state index in [0.717, 1.165) is 6.07 Å². The molecule has 0 spiro atoms. The molecule has 1 aromatic carbocycles. The monoisotopic (exact) mass is 359 g/mol. The molecule has 1 fully saturated rings. The number of benzene rings is 1. The van der Waals surface area contributed by atoms with Crippen LogP contribution in [0.3, 0.4) is 0 Å². The molecule has 0 aromatic heterocycles. The molecule has 1 heterocycles. The summed E-state index contributed by atoms with van der Waals surface area (Å²) in [5, 5.41) is 23.6. The fraction of sp³-hybridized carbons (Fsp3) is 0.500. The minimum Gasteiger partial charge on any atom is -0.505 e. The fourth-order valence-corrected chi connectivity index (χ4v) is 2.34. The first kappa shape index (κ1) is 20.8. The molecule has 1 aliphatic heterocycles. The first-order valence-electron chi connectivity index (χ1n) is 6.22. The Morgan fingerprint density at radius 2 is 1.95 bits per heavy atom. The number of nitro benzene ring substituents is 1. The first-order chi connectivity index (χ1) is 9.54. The fourth-order valence-electron chi connectivity index (χ4n) is 2.34. The molecule has 126 valence electrons. The summed E-state index contributed by atoms with van der Waals surface area (Å²) in [6.45, 7) is 1.49. The Balaban J connectivity index is 0.00000220. The van der Waals surface area contributed by atoms with E-state index >= 15 is 0 Å². The Labute approximate surface area is 138 Å². The van der Waals surface area contributed by atoms with E-state index in [1.54, 1.807) is 4.90 Å². The molecule has 0 bridgehead atoms. The molecule has 0 radical (unpaired) electrons. The third-order valence-corrected chi connectivity index (χ3v) is 3.39. The number of hydrogen-bond donors (Lipinski definition) is 2. The van der Waals surface area contributed by atoms with Gasteiger partial charge >= 0.3 is 0 Å². The van der Waals surface area contributed by atoms with Gasteiger partial charge in [-0.3, -0.25) is 15.0 Å². The number of phenols is 1. The van der Waals surface area contributed by atoms with Crippen LogP contribution >= 0.6 is 24.8 Å². The molecule has 2 rings (SSSR count). The van der Waals surface area contributed by atoms with Gasteiger partial charge in [0.15, 0.2) is 11.6 Å². The highest BCUT2D eigenvalue weighted by Gasteiger charge is 2.28. The SMILES string of the molecule is Cl.Cl.O=[N+]([O-])c1cc(F)c(O)c([C@@H](CF)N2CCNCC2)c1. The average Bonchev–Trinajstić information content (AvgIpc) is 2.45. The quantitative estimate of drug-likeness (QED) is 0.636. The van der Waals surface area contributed by atoms with Crippen LogP contribution in [0.15, 0.2) is 12.1 Å². The number of nitrogens with one attached hydrogen (secondary N) is 1. The molecule has 2 N–H and O–H groups in total. The molecule has 1 atom stereocenters. The van der Waals surface area contributed by atoms with Crippen LogP contribution in [0.1, 0.15) is 11.6 Å². The largest absolute Gasteiger partial charge is 0.505 e. The van der Waals surface area contributed by atoms with Crippen molar-refractivity contribution in [2.75, 3.05) is 32.9 Å². The lowest BCUT2D eigenvalue weighted by molar-refractivity contribution is -0.385. The maximum absolute atomic E-state index is 13.6. The van der Waals surface area contributed by atoms with Crippen molar-refractivity contribution in [3.05, 3.63) is 33.6 Å². The van der Waals surface area contributed by atoms with E-state index in [1.165, 1.54) is 0 Å². The molecule has 1 aliphatic rings. The molecular weight excluding hydrogens is 343 g/mol. The van der Waals surface area contributed by atoms with Gasteiger partial charge in [-0.25, -0.2) is 8.78 Å². The number of halogens is 4. The van der Waals surface area contributed by atoms with Gasteiger partial charge in [0.25, 0.3) is 5.69 Å². The zero-order chi connectivity index (χ0) is 14.7.